The van der Waals surface area contributed by atoms with Gasteiger partial charge in [0.1, 0.15) is 5.76 Å². The number of likely N-dealkylation sites (tertiary alicyclic amines) is 1. The topological polar surface area (TPSA) is 101 Å². The molecule has 150 valence electrons. The van der Waals surface area contributed by atoms with Crippen molar-refractivity contribution in [2.75, 3.05) is 6.54 Å². The summed E-state index contributed by atoms with van der Waals surface area (Å²) in [5.41, 5.74) is 0.454. The lowest BCUT2D eigenvalue weighted by atomic mass is 9.95. The highest BCUT2D eigenvalue weighted by atomic mass is 35.5. The van der Waals surface area contributed by atoms with Gasteiger partial charge < -0.3 is 10.0 Å². The van der Waals surface area contributed by atoms with E-state index < -0.39 is 28.4 Å². The number of hydrogen-bond donors (Lipinski definition) is 1. The van der Waals surface area contributed by atoms with Crippen LogP contribution in [0.1, 0.15) is 30.5 Å². The van der Waals surface area contributed by atoms with E-state index in [1.54, 1.807) is 18.2 Å². The second-order valence-electron chi connectivity index (χ2n) is 6.47. The number of carbonyl (C=O) groups is 2. The number of non-ortho nitro benzene ring substituents is 1. The van der Waals surface area contributed by atoms with Crippen molar-refractivity contribution in [1.29, 1.82) is 0 Å². The lowest BCUT2D eigenvalue weighted by Crippen LogP contribution is -2.30. The predicted molar refractivity (Wildman–Crippen MR) is 109 cm³/mol. The number of benzene rings is 2. The van der Waals surface area contributed by atoms with Gasteiger partial charge in [-0.2, -0.15) is 0 Å². The second kappa shape index (κ2) is 8.23. The fourth-order valence-corrected chi connectivity index (χ4v) is 3.58. The minimum Gasteiger partial charge on any atom is -0.507 e. The molecule has 2 aromatic rings. The summed E-state index contributed by atoms with van der Waals surface area (Å²) in [5, 5.41) is 22.2. The Kier molecular flexibility index (Phi) is 5.91. The van der Waals surface area contributed by atoms with Crippen molar-refractivity contribution in [2.24, 2.45) is 0 Å². The van der Waals surface area contributed by atoms with Crippen molar-refractivity contribution >= 4 is 46.3 Å². The molecule has 0 saturated carbocycles. The molecule has 1 aliphatic heterocycles. The molecule has 1 amide bonds. The molecule has 1 heterocycles. The van der Waals surface area contributed by atoms with Crippen molar-refractivity contribution in [3.63, 3.8) is 0 Å². The van der Waals surface area contributed by atoms with E-state index in [9.17, 15) is 24.8 Å². The molecular formula is C20H16Cl2N2O5. The normalized spacial score (nSPS) is 18.3. The standard InChI is InChI=1S/C20H16Cl2N2O5/c1-2-9-23-17(12-5-8-14(21)15(22)10-12)16(19(26)20(23)27)18(25)11-3-6-13(7-4-11)24(28)29/h3-8,10,17,25H,2,9H2,1H3/b18-16-. The molecule has 0 radical (unpaired) electrons. The van der Waals surface area contributed by atoms with Crippen LogP contribution in [-0.2, 0) is 9.59 Å². The van der Waals surface area contributed by atoms with Crippen LogP contribution in [0.15, 0.2) is 48.0 Å². The van der Waals surface area contributed by atoms with Crippen molar-refractivity contribution in [1.82, 2.24) is 4.90 Å². The summed E-state index contributed by atoms with van der Waals surface area (Å²) in [6.45, 7) is 2.16. The average Bonchev–Trinajstić information content (AvgIpc) is 2.95. The lowest BCUT2D eigenvalue weighted by molar-refractivity contribution is -0.384. The fraction of sp³-hybridized carbons (Fsp3) is 0.200. The van der Waals surface area contributed by atoms with Gasteiger partial charge in [-0.15, -0.1) is 0 Å². The molecule has 1 unspecified atom stereocenters. The van der Waals surface area contributed by atoms with Crippen LogP contribution < -0.4 is 0 Å². The molecule has 1 atom stereocenters. The fourth-order valence-electron chi connectivity index (χ4n) is 3.28. The largest absolute Gasteiger partial charge is 0.507 e. The minimum atomic E-state index is -0.847. The van der Waals surface area contributed by atoms with Crippen LogP contribution in [0.25, 0.3) is 5.76 Å². The highest BCUT2D eigenvalue weighted by Gasteiger charge is 2.45. The number of nitro groups is 1. The summed E-state index contributed by atoms with van der Waals surface area (Å²) >= 11 is 12.1. The molecule has 0 spiro atoms. The molecule has 1 aliphatic rings. The second-order valence-corrected chi connectivity index (χ2v) is 7.28. The lowest BCUT2D eigenvalue weighted by Gasteiger charge is -2.25. The quantitative estimate of drug-likeness (QED) is 0.241. The van der Waals surface area contributed by atoms with E-state index in [4.69, 9.17) is 23.2 Å². The molecule has 1 N–H and O–H groups in total. The van der Waals surface area contributed by atoms with Crippen LogP contribution in [-0.4, -0.2) is 33.2 Å². The van der Waals surface area contributed by atoms with Crippen molar-refractivity contribution in [2.45, 2.75) is 19.4 Å². The number of amides is 1. The van der Waals surface area contributed by atoms with Gasteiger partial charge in [-0.05, 0) is 36.2 Å². The van der Waals surface area contributed by atoms with Gasteiger partial charge in [-0.25, -0.2) is 0 Å². The van der Waals surface area contributed by atoms with E-state index >= 15 is 0 Å². The summed E-state index contributed by atoms with van der Waals surface area (Å²) in [4.78, 5) is 37.0. The highest BCUT2D eigenvalue weighted by molar-refractivity contribution is 6.46. The monoisotopic (exact) mass is 434 g/mol. The summed E-state index contributed by atoms with van der Waals surface area (Å²) in [5.74, 6) is -1.97. The SMILES string of the molecule is CCCN1C(=O)C(=O)/C(=C(\O)c2ccc([N+](=O)[O-])cc2)C1c1ccc(Cl)c(Cl)c1. The number of halogens is 2. The van der Waals surface area contributed by atoms with Gasteiger partial charge in [0.25, 0.3) is 17.4 Å². The zero-order chi connectivity index (χ0) is 21.3. The number of ketones is 1. The summed E-state index contributed by atoms with van der Waals surface area (Å²) < 4.78 is 0. The number of carbonyl (C=O) groups excluding carboxylic acids is 2. The Morgan fingerprint density at radius 3 is 2.34 bits per heavy atom. The molecule has 3 rings (SSSR count). The maximum Gasteiger partial charge on any atom is 0.295 e. The Hall–Kier alpha value is -2.90. The predicted octanol–water partition coefficient (Wildman–Crippen LogP) is 4.73. The van der Waals surface area contributed by atoms with E-state index in [2.05, 4.69) is 0 Å². The third-order valence-electron chi connectivity index (χ3n) is 4.62. The van der Waals surface area contributed by atoms with Crippen LogP contribution in [0.4, 0.5) is 5.69 Å². The van der Waals surface area contributed by atoms with Crippen molar-refractivity contribution in [3.8, 4) is 0 Å². The van der Waals surface area contributed by atoms with Gasteiger partial charge in [0.05, 0.1) is 26.6 Å². The summed E-state index contributed by atoms with van der Waals surface area (Å²) in [7, 11) is 0. The molecular weight excluding hydrogens is 419 g/mol. The van der Waals surface area contributed by atoms with E-state index in [1.807, 2.05) is 6.92 Å². The first-order chi connectivity index (χ1) is 13.8. The first kappa shape index (κ1) is 20.8. The first-order valence-corrected chi connectivity index (χ1v) is 9.50. The van der Waals surface area contributed by atoms with Crippen LogP contribution in [0, 0.1) is 10.1 Å². The van der Waals surface area contributed by atoms with Crippen molar-refractivity contribution in [3.05, 3.63) is 79.3 Å². The smallest absolute Gasteiger partial charge is 0.295 e. The summed E-state index contributed by atoms with van der Waals surface area (Å²) in [6.07, 6.45) is 0.600. The van der Waals surface area contributed by atoms with Crippen LogP contribution in [0.3, 0.4) is 0 Å². The van der Waals surface area contributed by atoms with Gasteiger partial charge in [0, 0.05) is 24.2 Å². The summed E-state index contributed by atoms with van der Waals surface area (Å²) in [6, 6.07) is 8.97. The van der Waals surface area contributed by atoms with E-state index in [0.29, 0.717) is 23.6 Å². The Morgan fingerprint density at radius 2 is 1.79 bits per heavy atom. The molecule has 0 aromatic heterocycles. The van der Waals surface area contributed by atoms with Crippen LogP contribution >= 0.6 is 23.2 Å². The van der Waals surface area contributed by atoms with Gasteiger partial charge in [-0.1, -0.05) is 36.2 Å². The van der Waals surface area contributed by atoms with Gasteiger partial charge in [0.2, 0.25) is 0 Å². The Balaban J connectivity index is 2.17. The zero-order valence-electron chi connectivity index (χ0n) is 15.3. The number of Topliss-reactive ketones (excluding diaryl/α,β-unsaturated/α-hetero) is 1. The van der Waals surface area contributed by atoms with Crippen LogP contribution in [0.5, 0.6) is 0 Å². The van der Waals surface area contributed by atoms with Gasteiger partial charge >= 0.3 is 0 Å². The molecule has 7 nitrogen and oxygen atoms in total. The molecule has 0 aliphatic carbocycles. The third kappa shape index (κ3) is 3.83. The molecule has 9 heteroatoms. The minimum absolute atomic E-state index is 0.101. The average molecular weight is 435 g/mol. The number of nitrogens with zero attached hydrogens (tertiary/aromatic N) is 2. The number of nitro benzene ring substituents is 1. The van der Waals surface area contributed by atoms with E-state index in [-0.39, 0.29) is 21.8 Å². The Labute approximate surface area is 176 Å². The number of rotatable bonds is 5. The third-order valence-corrected chi connectivity index (χ3v) is 5.35. The highest BCUT2D eigenvalue weighted by Crippen LogP contribution is 2.41. The molecule has 0 bridgehead atoms. The zero-order valence-corrected chi connectivity index (χ0v) is 16.8. The molecule has 1 fully saturated rings. The Morgan fingerprint density at radius 1 is 1.14 bits per heavy atom. The molecule has 29 heavy (non-hydrogen) atoms. The van der Waals surface area contributed by atoms with Gasteiger partial charge in [0.15, 0.2) is 0 Å². The first-order valence-electron chi connectivity index (χ1n) is 8.74. The van der Waals surface area contributed by atoms with Gasteiger partial charge in [-0.3, -0.25) is 19.7 Å². The van der Waals surface area contributed by atoms with E-state index in [0.717, 1.165) is 0 Å². The number of aliphatic hydroxyl groups excluding tert-OH is 1. The van der Waals surface area contributed by atoms with E-state index in [1.165, 1.54) is 29.2 Å². The van der Waals surface area contributed by atoms with Crippen molar-refractivity contribution < 1.29 is 19.6 Å². The molecule has 1 saturated heterocycles. The number of hydrogen-bond acceptors (Lipinski definition) is 5. The molecule has 2 aromatic carbocycles. The maximum absolute atomic E-state index is 12.7. The number of aliphatic hydroxyl groups is 1. The Bertz CT molecular complexity index is 1030. The maximum atomic E-state index is 12.7. The van der Waals surface area contributed by atoms with Crippen LogP contribution in [0.2, 0.25) is 10.0 Å².